The minimum Gasteiger partial charge on any atom is -0.294 e. The minimum atomic E-state index is 1.09. The molecule has 1 aliphatic rings. The van der Waals surface area contributed by atoms with Crippen LogP contribution in [0.1, 0.15) is 19.8 Å². The highest BCUT2D eigenvalue weighted by Crippen LogP contribution is 2.02. The summed E-state index contributed by atoms with van der Waals surface area (Å²) in [6.07, 6.45) is 2.43. The molecule has 0 aromatic carbocycles. The molecule has 0 bridgehead atoms. The fourth-order valence-electron chi connectivity index (χ4n) is 0.558. The Morgan fingerprint density at radius 2 is 2.50 bits per heavy atom. The molecule has 6 heavy (non-hydrogen) atoms. The molecule has 1 heterocycles. The van der Waals surface area contributed by atoms with Crippen LogP contribution in [-0.4, -0.2) is 12.3 Å². The number of rotatable bonds is 1. The molecule has 0 saturated carbocycles. The van der Waals surface area contributed by atoms with Crippen molar-refractivity contribution in [2.24, 2.45) is 4.99 Å². The van der Waals surface area contributed by atoms with Gasteiger partial charge in [0.25, 0.3) is 0 Å². The van der Waals surface area contributed by atoms with Crippen molar-refractivity contribution in [3.63, 3.8) is 0 Å². The van der Waals surface area contributed by atoms with Crippen LogP contribution in [0.15, 0.2) is 4.99 Å². The van der Waals surface area contributed by atoms with E-state index >= 15 is 0 Å². The quantitative estimate of drug-likeness (QED) is 0.452. The summed E-state index contributed by atoms with van der Waals surface area (Å²) in [4.78, 5) is 4.10. The van der Waals surface area contributed by atoms with E-state index in [0.717, 1.165) is 6.54 Å². The Bertz CT molecular complexity index is 74.0. The van der Waals surface area contributed by atoms with Gasteiger partial charge in [-0.1, -0.05) is 6.92 Å². The van der Waals surface area contributed by atoms with E-state index in [0.29, 0.717) is 0 Å². The van der Waals surface area contributed by atoms with Gasteiger partial charge < -0.3 is 0 Å². The molecule has 0 radical (unpaired) electrons. The van der Waals surface area contributed by atoms with Crippen molar-refractivity contribution in [3.05, 3.63) is 0 Å². The molecule has 0 aromatic heterocycles. The van der Waals surface area contributed by atoms with Crippen molar-refractivity contribution in [1.29, 1.82) is 0 Å². The van der Waals surface area contributed by atoms with Gasteiger partial charge in [-0.15, -0.1) is 0 Å². The lowest BCUT2D eigenvalue weighted by atomic mass is 10.1. The summed E-state index contributed by atoms with van der Waals surface area (Å²) >= 11 is 0. The molecule has 0 atom stereocenters. The zero-order chi connectivity index (χ0) is 4.41. The molecule has 0 amide bonds. The molecule has 34 valence electrons. The number of aliphatic imine (C=N–C) groups is 1. The number of nitrogens with zero attached hydrogens (tertiary/aromatic N) is 1. The minimum absolute atomic E-state index is 1.09. The number of hydrogen-bond donors (Lipinski definition) is 0. The zero-order valence-electron chi connectivity index (χ0n) is 4.07. The highest BCUT2D eigenvalue weighted by molar-refractivity contribution is 5.87. The first-order chi connectivity index (χ1) is 2.93. The molecule has 0 aliphatic carbocycles. The highest BCUT2D eigenvalue weighted by atomic mass is 14.8. The first-order valence-electron chi connectivity index (χ1n) is 2.45. The largest absolute Gasteiger partial charge is 0.294 e. The van der Waals surface area contributed by atoms with Crippen molar-refractivity contribution < 1.29 is 0 Å². The van der Waals surface area contributed by atoms with Gasteiger partial charge >= 0.3 is 0 Å². The molecule has 0 fully saturated rings. The van der Waals surface area contributed by atoms with E-state index in [9.17, 15) is 0 Å². The van der Waals surface area contributed by atoms with Crippen LogP contribution >= 0.6 is 0 Å². The predicted molar refractivity (Wildman–Crippen MR) is 27.2 cm³/mol. The second kappa shape index (κ2) is 1.41. The Morgan fingerprint density at radius 1 is 1.83 bits per heavy atom. The molecule has 0 spiro atoms. The maximum absolute atomic E-state index is 4.10. The van der Waals surface area contributed by atoms with Crippen LogP contribution in [0.5, 0.6) is 0 Å². The summed E-state index contributed by atoms with van der Waals surface area (Å²) in [5, 5.41) is 0. The lowest BCUT2D eigenvalue weighted by molar-refractivity contribution is 0.907. The van der Waals surface area contributed by atoms with Gasteiger partial charge in [0.1, 0.15) is 0 Å². The molecule has 0 saturated heterocycles. The monoisotopic (exact) mass is 83.1 g/mol. The van der Waals surface area contributed by atoms with Crippen molar-refractivity contribution in [2.45, 2.75) is 19.8 Å². The van der Waals surface area contributed by atoms with Crippen LogP contribution in [0.4, 0.5) is 0 Å². The van der Waals surface area contributed by atoms with Crippen LogP contribution in [0.3, 0.4) is 0 Å². The predicted octanol–water partition coefficient (Wildman–Crippen LogP) is 1.24. The van der Waals surface area contributed by atoms with Crippen LogP contribution in [0.25, 0.3) is 0 Å². The van der Waals surface area contributed by atoms with Crippen LogP contribution in [-0.2, 0) is 0 Å². The third-order valence-electron chi connectivity index (χ3n) is 1.14. The van der Waals surface area contributed by atoms with Gasteiger partial charge in [-0.05, 0) is 6.42 Å². The second-order valence-corrected chi connectivity index (χ2v) is 1.55. The van der Waals surface area contributed by atoms with Crippen molar-refractivity contribution in [2.75, 3.05) is 6.54 Å². The summed E-state index contributed by atoms with van der Waals surface area (Å²) in [6.45, 7) is 3.24. The average molecular weight is 83.1 g/mol. The van der Waals surface area contributed by atoms with Gasteiger partial charge in [-0.25, -0.2) is 0 Å². The van der Waals surface area contributed by atoms with E-state index < -0.39 is 0 Å². The summed E-state index contributed by atoms with van der Waals surface area (Å²) in [7, 11) is 0. The van der Waals surface area contributed by atoms with Crippen molar-refractivity contribution >= 4 is 5.71 Å². The van der Waals surface area contributed by atoms with E-state index in [1.165, 1.54) is 18.6 Å². The molecule has 1 nitrogen and oxygen atoms in total. The topological polar surface area (TPSA) is 12.4 Å². The van der Waals surface area contributed by atoms with Gasteiger partial charge in [0.15, 0.2) is 0 Å². The Balaban J connectivity index is 2.32. The summed E-state index contributed by atoms with van der Waals surface area (Å²) in [5.74, 6) is 0. The summed E-state index contributed by atoms with van der Waals surface area (Å²) in [5.41, 5.74) is 1.40. The number of hydrogen-bond acceptors (Lipinski definition) is 1. The molecule has 1 rings (SSSR count). The first-order valence-corrected chi connectivity index (χ1v) is 2.45. The maximum Gasteiger partial charge on any atom is 0.0440 e. The zero-order valence-corrected chi connectivity index (χ0v) is 4.07. The fourth-order valence-corrected chi connectivity index (χ4v) is 0.558. The van der Waals surface area contributed by atoms with E-state index in [-0.39, 0.29) is 0 Å². The van der Waals surface area contributed by atoms with E-state index in [1.807, 2.05) is 0 Å². The Kier molecular flexibility index (Phi) is 0.906. The van der Waals surface area contributed by atoms with Crippen LogP contribution < -0.4 is 0 Å². The first kappa shape index (κ1) is 3.85. The Hall–Kier alpha value is -0.330. The van der Waals surface area contributed by atoms with Gasteiger partial charge in [-0.2, -0.15) is 0 Å². The van der Waals surface area contributed by atoms with E-state index in [2.05, 4.69) is 11.9 Å². The third-order valence-corrected chi connectivity index (χ3v) is 1.14. The van der Waals surface area contributed by atoms with E-state index in [1.54, 1.807) is 0 Å². The normalized spacial score (nSPS) is 19.2. The standard InChI is InChI=1S/C5H9N/c1-2-5-3-4-6-5/h2-4H2,1H3. The fraction of sp³-hybridized carbons (Fsp3) is 0.800. The average Bonchev–Trinajstić information content (AvgIpc) is 1.31. The van der Waals surface area contributed by atoms with Crippen LogP contribution in [0, 0.1) is 0 Å². The van der Waals surface area contributed by atoms with Gasteiger partial charge in [-0.3, -0.25) is 4.99 Å². The third kappa shape index (κ3) is 0.445. The lowest BCUT2D eigenvalue weighted by Crippen LogP contribution is -2.09. The summed E-state index contributed by atoms with van der Waals surface area (Å²) in [6, 6.07) is 0. The van der Waals surface area contributed by atoms with Crippen LogP contribution in [0.2, 0.25) is 0 Å². The Morgan fingerprint density at radius 3 is 2.50 bits per heavy atom. The Labute approximate surface area is 38.1 Å². The summed E-state index contributed by atoms with van der Waals surface area (Å²) < 4.78 is 0. The van der Waals surface area contributed by atoms with Gasteiger partial charge in [0.2, 0.25) is 0 Å². The molecule has 1 aliphatic heterocycles. The van der Waals surface area contributed by atoms with Crippen molar-refractivity contribution in [1.82, 2.24) is 0 Å². The molecule has 1 heteroatoms. The van der Waals surface area contributed by atoms with Gasteiger partial charge in [0.05, 0.1) is 0 Å². The second-order valence-electron chi connectivity index (χ2n) is 1.55. The molecular weight excluding hydrogens is 74.1 g/mol. The molecule has 0 aromatic rings. The van der Waals surface area contributed by atoms with E-state index in [4.69, 9.17) is 0 Å². The SMILES string of the molecule is CCC1=NCC1. The maximum atomic E-state index is 4.10. The molecule has 0 N–H and O–H groups in total. The highest BCUT2D eigenvalue weighted by Gasteiger charge is 2.01. The smallest absolute Gasteiger partial charge is 0.0440 e. The van der Waals surface area contributed by atoms with Crippen molar-refractivity contribution in [3.8, 4) is 0 Å². The van der Waals surface area contributed by atoms with Gasteiger partial charge in [0, 0.05) is 18.7 Å². The molecular formula is C5H9N. The lowest BCUT2D eigenvalue weighted by Gasteiger charge is -2.08. The molecule has 0 unspecified atom stereocenters.